The Balaban J connectivity index is 1.45. The molecule has 4 aromatic rings. The molecule has 0 radical (unpaired) electrons. The smallest absolute Gasteiger partial charge is 0.247 e. The van der Waals surface area contributed by atoms with Gasteiger partial charge in [-0.25, -0.2) is 9.37 Å². The van der Waals surface area contributed by atoms with Crippen LogP contribution in [0.4, 0.5) is 33.2 Å². The molecule has 0 fully saturated rings. The van der Waals surface area contributed by atoms with Gasteiger partial charge in [0.1, 0.15) is 11.5 Å². The van der Waals surface area contributed by atoms with Crippen LogP contribution in [0.25, 0.3) is 0 Å². The average Bonchev–Trinajstić information content (AvgIpc) is 2.83. The first-order valence-electron chi connectivity index (χ1n) is 9.87. The number of hydrogen-bond acceptors (Lipinski definition) is 7. The van der Waals surface area contributed by atoms with Crippen LogP contribution in [-0.2, 0) is 4.79 Å². The number of nitrogens with one attached hydrogen (secondary N) is 3. The Morgan fingerprint density at radius 3 is 2.42 bits per heavy atom. The van der Waals surface area contributed by atoms with Gasteiger partial charge in [-0.15, -0.1) is 0 Å². The van der Waals surface area contributed by atoms with Crippen molar-refractivity contribution in [3.63, 3.8) is 0 Å². The van der Waals surface area contributed by atoms with E-state index < -0.39 is 5.82 Å². The zero-order valence-electron chi connectivity index (χ0n) is 17.3. The quantitative estimate of drug-likeness (QED) is 0.314. The number of rotatable bonds is 8. The lowest BCUT2D eigenvalue weighted by Gasteiger charge is -2.11. The number of hydrogen-bond donors (Lipinski definition) is 3. The molecule has 2 heterocycles. The third-order valence-corrected chi connectivity index (χ3v) is 4.32. The Labute approximate surface area is 189 Å². The predicted octanol–water partition coefficient (Wildman–Crippen LogP) is 5.41. The summed E-state index contributed by atoms with van der Waals surface area (Å²) in [5.74, 6) is 0.551. The number of benzene rings is 2. The van der Waals surface area contributed by atoms with E-state index in [4.69, 9.17) is 4.74 Å². The van der Waals surface area contributed by atoms with Crippen molar-refractivity contribution in [2.24, 2.45) is 0 Å². The third kappa shape index (κ3) is 5.88. The normalized spacial score (nSPS) is 10.2. The summed E-state index contributed by atoms with van der Waals surface area (Å²) < 4.78 is 20.0. The highest BCUT2D eigenvalue weighted by atomic mass is 19.1. The van der Waals surface area contributed by atoms with E-state index in [-0.39, 0.29) is 17.7 Å². The standard InChI is InChI=1S/C24H19FN6O2/c1-2-22(32)28-17-4-3-5-18(14-17)29-23-21(25)15-27-24(31-23)30-16-6-8-19(9-7-16)33-20-10-12-26-13-11-20/h2-15H,1H2,(H,28,32)(H2,27,29,30,31). The van der Waals surface area contributed by atoms with Gasteiger partial charge in [-0.3, -0.25) is 9.78 Å². The van der Waals surface area contributed by atoms with E-state index in [2.05, 4.69) is 37.5 Å². The van der Waals surface area contributed by atoms with Crippen molar-refractivity contribution in [1.29, 1.82) is 0 Å². The Morgan fingerprint density at radius 1 is 0.939 bits per heavy atom. The molecule has 0 atom stereocenters. The van der Waals surface area contributed by atoms with E-state index in [1.807, 2.05) is 0 Å². The van der Waals surface area contributed by atoms with Crippen molar-refractivity contribution in [3.05, 3.63) is 97.7 Å². The summed E-state index contributed by atoms with van der Waals surface area (Å²) in [6.07, 6.45) is 5.54. The first-order chi connectivity index (χ1) is 16.1. The fourth-order valence-electron chi connectivity index (χ4n) is 2.80. The number of halogens is 1. The monoisotopic (exact) mass is 442 g/mol. The Morgan fingerprint density at radius 2 is 1.67 bits per heavy atom. The van der Waals surface area contributed by atoms with Gasteiger partial charge < -0.3 is 20.7 Å². The molecule has 0 aliphatic rings. The van der Waals surface area contributed by atoms with Crippen LogP contribution in [0.5, 0.6) is 11.5 Å². The van der Waals surface area contributed by atoms with Crippen molar-refractivity contribution in [2.75, 3.05) is 16.0 Å². The summed E-state index contributed by atoms with van der Waals surface area (Å²) in [4.78, 5) is 23.6. The van der Waals surface area contributed by atoms with E-state index in [9.17, 15) is 9.18 Å². The molecule has 3 N–H and O–H groups in total. The number of aromatic nitrogens is 3. The van der Waals surface area contributed by atoms with Crippen LogP contribution < -0.4 is 20.7 Å². The minimum absolute atomic E-state index is 0.0164. The fourth-order valence-corrected chi connectivity index (χ4v) is 2.80. The lowest BCUT2D eigenvalue weighted by molar-refractivity contribution is -0.111. The molecule has 2 aromatic heterocycles. The first-order valence-corrected chi connectivity index (χ1v) is 9.87. The molecule has 33 heavy (non-hydrogen) atoms. The molecule has 0 bridgehead atoms. The molecular formula is C24H19FN6O2. The number of anilines is 5. The van der Waals surface area contributed by atoms with Crippen molar-refractivity contribution >= 4 is 34.7 Å². The number of pyridine rings is 1. The molecule has 0 spiro atoms. The third-order valence-electron chi connectivity index (χ3n) is 4.32. The largest absolute Gasteiger partial charge is 0.457 e. The van der Waals surface area contributed by atoms with Crippen LogP contribution in [-0.4, -0.2) is 20.9 Å². The summed E-state index contributed by atoms with van der Waals surface area (Å²) >= 11 is 0. The second-order valence-electron chi connectivity index (χ2n) is 6.72. The minimum atomic E-state index is -0.623. The molecular weight excluding hydrogens is 423 g/mol. The maximum Gasteiger partial charge on any atom is 0.247 e. The summed E-state index contributed by atoms with van der Waals surface area (Å²) in [6.45, 7) is 3.42. The molecule has 164 valence electrons. The van der Waals surface area contributed by atoms with Gasteiger partial charge in [-0.05, 0) is 60.7 Å². The van der Waals surface area contributed by atoms with Gasteiger partial charge in [-0.1, -0.05) is 12.6 Å². The molecule has 0 unspecified atom stereocenters. The first kappa shape index (κ1) is 21.4. The van der Waals surface area contributed by atoms with Gasteiger partial charge in [0, 0.05) is 29.5 Å². The molecule has 9 heteroatoms. The Bertz CT molecular complexity index is 1270. The lowest BCUT2D eigenvalue weighted by atomic mass is 10.2. The molecule has 0 saturated heterocycles. The van der Waals surface area contributed by atoms with Gasteiger partial charge in [0.05, 0.1) is 6.20 Å². The van der Waals surface area contributed by atoms with Crippen molar-refractivity contribution in [1.82, 2.24) is 15.0 Å². The van der Waals surface area contributed by atoms with E-state index in [0.29, 0.717) is 28.6 Å². The van der Waals surface area contributed by atoms with Gasteiger partial charge in [0.25, 0.3) is 0 Å². The van der Waals surface area contributed by atoms with E-state index >= 15 is 0 Å². The van der Waals surface area contributed by atoms with Crippen LogP contribution >= 0.6 is 0 Å². The summed E-state index contributed by atoms with van der Waals surface area (Å²) in [7, 11) is 0. The second kappa shape index (κ2) is 10.0. The van der Waals surface area contributed by atoms with Crippen molar-refractivity contribution in [3.8, 4) is 11.5 Å². The van der Waals surface area contributed by atoms with E-state index in [0.717, 1.165) is 6.20 Å². The SMILES string of the molecule is C=CC(=O)Nc1cccc(Nc2nc(Nc3ccc(Oc4ccncc4)cc3)ncc2F)c1. The molecule has 8 nitrogen and oxygen atoms in total. The number of ether oxygens (including phenoxy) is 1. The Kier molecular flexibility index (Phi) is 6.51. The van der Waals surface area contributed by atoms with Crippen molar-refractivity contribution in [2.45, 2.75) is 0 Å². The highest BCUT2D eigenvalue weighted by molar-refractivity contribution is 5.99. The topological polar surface area (TPSA) is 101 Å². The van der Waals surface area contributed by atoms with Gasteiger partial charge >= 0.3 is 0 Å². The molecule has 2 aromatic carbocycles. The van der Waals surface area contributed by atoms with Gasteiger partial charge in [0.15, 0.2) is 11.6 Å². The van der Waals surface area contributed by atoms with Gasteiger partial charge in [0.2, 0.25) is 11.9 Å². The number of carbonyl (C=O) groups excluding carboxylic acids is 1. The zero-order valence-corrected chi connectivity index (χ0v) is 17.3. The zero-order chi connectivity index (χ0) is 23.0. The van der Waals surface area contributed by atoms with Crippen LogP contribution in [0, 0.1) is 5.82 Å². The average molecular weight is 442 g/mol. The summed E-state index contributed by atoms with van der Waals surface area (Å²) in [5, 5.41) is 8.58. The van der Waals surface area contributed by atoms with Gasteiger partial charge in [-0.2, -0.15) is 4.98 Å². The molecule has 1 amide bonds. The van der Waals surface area contributed by atoms with Crippen LogP contribution in [0.15, 0.2) is 91.9 Å². The summed E-state index contributed by atoms with van der Waals surface area (Å²) in [6, 6.07) is 17.5. The molecule has 0 aliphatic carbocycles. The number of amides is 1. The molecule has 0 aliphatic heterocycles. The van der Waals surface area contributed by atoms with Crippen molar-refractivity contribution < 1.29 is 13.9 Å². The maximum absolute atomic E-state index is 14.3. The maximum atomic E-state index is 14.3. The number of carbonyl (C=O) groups is 1. The van der Waals surface area contributed by atoms with Crippen LogP contribution in [0.2, 0.25) is 0 Å². The number of nitrogens with zero attached hydrogens (tertiary/aromatic N) is 3. The minimum Gasteiger partial charge on any atom is -0.457 e. The molecule has 0 saturated carbocycles. The highest BCUT2D eigenvalue weighted by Crippen LogP contribution is 2.25. The van der Waals surface area contributed by atoms with Crippen LogP contribution in [0.3, 0.4) is 0 Å². The fraction of sp³-hybridized carbons (Fsp3) is 0. The van der Waals surface area contributed by atoms with E-state index in [1.54, 1.807) is 73.1 Å². The predicted molar refractivity (Wildman–Crippen MR) is 125 cm³/mol. The lowest BCUT2D eigenvalue weighted by Crippen LogP contribution is -2.07. The Hall–Kier alpha value is -4.79. The van der Waals surface area contributed by atoms with Crippen LogP contribution in [0.1, 0.15) is 0 Å². The summed E-state index contributed by atoms with van der Waals surface area (Å²) in [5.41, 5.74) is 1.77. The second-order valence-corrected chi connectivity index (χ2v) is 6.72. The molecule has 4 rings (SSSR count). The van der Waals surface area contributed by atoms with E-state index in [1.165, 1.54) is 6.08 Å². The highest BCUT2D eigenvalue weighted by Gasteiger charge is 2.09.